The Labute approximate surface area is 204 Å². The molecule has 2 aromatic carbocycles. The number of ketones is 1. The molecule has 1 aliphatic carbocycles. The quantitative estimate of drug-likeness (QED) is 0.570. The van der Waals surface area contributed by atoms with Gasteiger partial charge in [-0.05, 0) is 55.2 Å². The maximum absolute atomic E-state index is 13.7. The largest absolute Gasteiger partial charge is 0.494 e. The number of rotatable bonds is 5. The minimum atomic E-state index is -0.337. The van der Waals surface area contributed by atoms with Gasteiger partial charge in [0.25, 0.3) is 0 Å². The normalized spacial score (nSPS) is 19.3. The van der Waals surface area contributed by atoms with E-state index in [1.54, 1.807) is 6.07 Å². The fourth-order valence-electron chi connectivity index (χ4n) is 5.88. The lowest BCUT2D eigenvalue weighted by Gasteiger charge is -2.41. The number of nitriles is 1. The highest BCUT2D eigenvalue weighted by Crippen LogP contribution is 2.50. The lowest BCUT2D eigenvalue weighted by molar-refractivity contribution is 0.0358. The maximum atomic E-state index is 13.7. The Hall–Kier alpha value is -3.18. The van der Waals surface area contributed by atoms with E-state index in [1.165, 1.54) is 0 Å². The average molecular weight is 472 g/mol. The number of nitrogens with one attached hydrogen (secondary N) is 1. The van der Waals surface area contributed by atoms with E-state index in [4.69, 9.17) is 14.2 Å². The molecule has 2 fully saturated rings. The Morgan fingerprint density at radius 2 is 1.86 bits per heavy atom. The van der Waals surface area contributed by atoms with Gasteiger partial charge in [0.1, 0.15) is 5.75 Å². The molecule has 6 rings (SSSR count). The molecule has 3 aromatic rings. The number of aromatic nitrogens is 1. The van der Waals surface area contributed by atoms with E-state index in [-0.39, 0.29) is 11.2 Å². The van der Waals surface area contributed by atoms with Gasteiger partial charge in [-0.3, -0.25) is 9.69 Å². The fraction of sp³-hybridized carbons (Fsp3) is 0.429. The van der Waals surface area contributed by atoms with Gasteiger partial charge in [-0.2, -0.15) is 5.26 Å². The predicted molar refractivity (Wildman–Crippen MR) is 131 cm³/mol. The summed E-state index contributed by atoms with van der Waals surface area (Å²) in [6.45, 7) is 6.47. The van der Waals surface area contributed by atoms with E-state index in [1.807, 2.05) is 24.3 Å². The number of hydrogen-bond acceptors (Lipinski definition) is 6. The van der Waals surface area contributed by atoms with Crippen LogP contribution in [0.15, 0.2) is 36.4 Å². The zero-order chi connectivity index (χ0) is 23.8. The lowest BCUT2D eigenvalue weighted by atomic mass is 9.64. The van der Waals surface area contributed by atoms with Gasteiger partial charge in [-0.15, -0.1) is 0 Å². The number of morpholine rings is 1. The summed E-state index contributed by atoms with van der Waals surface area (Å²) in [5.74, 6) is 0.831. The molecule has 3 heterocycles. The number of H-pyrrole nitrogens is 1. The summed E-state index contributed by atoms with van der Waals surface area (Å²) in [4.78, 5) is 19.7. The van der Waals surface area contributed by atoms with Gasteiger partial charge in [-0.1, -0.05) is 6.07 Å². The summed E-state index contributed by atoms with van der Waals surface area (Å²) >= 11 is 0. The van der Waals surface area contributed by atoms with Crippen LogP contribution < -0.4 is 4.74 Å². The first-order valence-corrected chi connectivity index (χ1v) is 12.5. The number of carbonyl (C=O) groups excluding carboxylic acids is 1. The minimum absolute atomic E-state index is 0.0296. The first-order valence-electron chi connectivity index (χ1n) is 12.5. The predicted octanol–water partition coefficient (Wildman–Crippen LogP) is 3.78. The second kappa shape index (κ2) is 9.12. The number of hydrogen-bond donors (Lipinski definition) is 1. The molecular weight excluding hydrogens is 442 g/mol. The molecule has 1 N–H and O–H groups in total. The van der Waals surface area contributed by atoms with E-state index < -0.39 is 0 Å². The van der Waals surface area contributed by atoms with Gasteiger partial charge in [-0.25, -0.2) is 0 Å². The second-order valence-electron chi connectivity index (χ2n) is 9.63. The van der Waals surface area contributed by atoms with Crippen molar-refractivity contribution in [1.82, 2.24) is 9.88 Å². The lowest BCUT2D eigenvalue weighted by Crippen LogP contribution is -2.40. The Balaban J connectivity index is 1.33. The molecule has 3 aliphatic rings. The molecule has 0 unspecified atom stereocenters. The van der Waals surface area contributed by atoms with Crippen molar-refractivity contribution in [3.63, 3.8) is 0 Å². The molecule has 7 nitrogen and oxygen atoms in total. The van der Waals surface area contributed by atoms with E-state index in [0.29, 0.717) is 25.4 Å². The number of nitrogens with zero attached hydrogens (tertiary/aromatic N) is 2. The Morgan fingerprint density at radius 3 is 2.66 bits per heavy atom. The Bertz CT molecular complexity index is 1310. The van der Waals surface area contributed by atoms with E-state index in [0.717, 1.165) is 91.1 Å². The summed E-state index contributed by atoms with van der Waals surface area (Å²) in [5.41, 5.74) is 4.53. The van der Waals surface area contributed by atoms with Gasteiger partial charge >= 0.3 is 0 Å². The number of benzene rings is 2. The van der Waals surface area contributed by atoms with Crippen molar-refractivity contribution in [2.24, 2.45) is 0 Å². The van der Waals surface area contributed by atoms with Gasteiger partial charge in [0.15, 0.2) is 5.78 Å². The monoisotopic (exact) mass is 471 g/mol. The Kier molecular flexibility index (Phi) is 5.81. The second-order valence-corrected chi connectivity index (χ2v) is 9.63. The van der Waals surface area contributed by atoms with Crippen LogP contribution in [0, 0.1) is 11.3 Å². The molecule has 2 aliphatic heterocycles. The summed E-state index contributed by atoms with van der Waals surface area (Å²) in [6, 6.07) is 13.6. The van der Waals surface area contributed by atoms with Crippen LogP contribution in [0.25, 0.3) is 10.9 Å². The zero-order valence-electron chi connectivity index (χ0n) is 19.8. The van der Waals surface area contributed by atoms with Crippen LogP contribution in [-0.4, -0.2) is 68.3 Å². The first-order chi connectivity index (χ1) is 17.2. The molecule has 0 atom stereocenters. The standard InChI is InChI=1S/C28H29N3O4/c29-18-19-2-4-22-24(16-19)30-27-25(22)26(32)21-5-3-20(17-23(21)28(27)6-12-33-13-7-28)35-11-1-8-31-9-14-34-15-10-31/h2-5,16-17,30H,1,6-15H2. The summed E-state index contributed by atoms with van der Waals surface area (Å²) < 4.78 is 17.3. The highest BCUT2D eigenvalue weighted by atomic mass is 16.5. The minimum Gasteiger partial charge on any atom is -0.494 e. The molecule has 0 radical (unpaired) electrons. The van der Waals surface area contributed by atoms with E-state index >= 15 is 0 Å². The molecular formula is C28H29N3O4. The van der Waals surface area contributed by atoms with Crippen molar-refractivity contribution < 1.29 is 19.0 Å². The topological polar surface area (TPSA) is 87.6 Å². The Morgan fingerprint density at radius 1 is 1.06 bits per heavy atom. The van der Waals surface area contributed by atoms with Crippen molar-refractivity contribution in [3.8, 4) is 11.8 Å². The van der Waals surface area contributed by atoms with Crippen molar-refractivity contribution in [3.05, 3.63) is 64.3 Å². The smallest absolute Gasteiger partial charge is 0.195 e. The molecule has 2 saturated heterocycles. The molecule has 35 heavy (non-hydrogen) atoms. The molecule has 0 saturated carbocycles. The van der Waals surface area contributed by atoms with Gasteiger partial charge in [0.05, 0.1) is 37.0 Å². The first kappa shape index (κ1) is 22.3. The third-order valence-electron chi connectivity index (χ3n) is 7.72. The van der Waals surface area contributed by atoms with Crippen molar-refractivity contribution in [1.29, 1.82) is 5.26 Å². The third-order valence-corrected chi connectivity index (χ3v) is 7.72. The third kappa shape index (κ3) is 3.82. The van der Waals surface area contributed by atoms with E-state index in [2.05, 4.69) is 22.0 Å². The molecule has 180 valence electrons. The number of aromatic amines is 1. The summed E-state index contributed by atoms with van der Waals surface area (Å²) in [7, 11) is 0. The van der Waals surface area contributed by atoms with Crippen LogP contribution in [0.2, 0.25) is 0 Å². The molecule has 0 bridgehead atoms. The number of carbonyl (C=O) groups is 1. The number of fused-ring (bicyclic) bond motifs is 6. The van der Waals surface area contributed by atoms with Crippen LogP contribution in [-0.2, 0) is 14.9 Å². The maximum Gasteiger partial charge on any atom is 0.195 e. The van der Waals surface area contributed by atoms with Gasteiger partial charge in [0, 0.05) is 60.4 Å². The van der Waals surface area contributed by atoms with E-state index in [9.17, 15) is 10.1 Å². The van der Waals surface area contributed by atoms with Crippen molar-refractivity contribution in [2.45, 2.75) is 24.7 Å². The van der Waals surface area contributed by atoms with Crippen molar-refractivity contribution in [2.75, 3.05) is 52.7 Å². The van der Waals surface area contributed by atoms with Gasteiger partial charge in [0.2, 0.25) is 0 Å². The summed E-state index contributed by atoms with van der Waals surface area (Å²) in [6.07, 6.45) is 2.53. The van der Waals surface area contributed by atoms with Crippen LogP contribution in [0.3, 0.4) is 0 Å². The molecule has 0 amide bonds. The molecule has 1 aromatic heterocycles. The fourth-order valence-corrected chi connectivity index (χ4v) is 5.88. The number of ether oxygens (including phenoxy) is 3. The van der Waals surface area contributed by atoms with Gasteiger partial charge < -0.3 is 19.2 Å². The SMILES string of the molecule is N#Cc1ccc2c3c([nH]c2c1)C1(CCOCC1)c1cc(OCCCN2CCOCC2)ccc1C3=O. The highest BCUT2D eigenvalue weighted by Gasteiger charge is 2.47. The zero-order valence-corrected chi connectivity index (χ0v) is 19.8. The molecule has 7 heteroatoms. The summed E-state index contributed by atoms with van der Waals surface area (Å²) in [5, 5.41) is 10.2. The highest BCUT2D eigenvalue weighted by molar-refractivity contribution is 6.20. The van der Waals surface area contributed by atoms with Crippen LogP contribution >= 0.6 is 0 Å². The van der Waals surface area contributed by atoms with Crippen LogP contribution in [0.4, 0.5) is 0 Å². The van der Waals surface area contributed by atoms with Crippen LogP contribution in [0.1, 0.15) is 52.0 Å². The molecule has 1 spiro atoms. The van der Waals surface area contributed by atoms with Crippen LogP contribution in [0.5, 0.6) is 5.75 Å². The average Bonchev–Trinajstić information content (AvgIpc) is 3.31. The van der Waals surface area contributed by atoms with Crippen molar-refractivity contribution >= 4 is 16.7 Å².